The van der Waals surface area contributed by atoms with Gasteiger partial charge in [0, 0.05) is 38.1 Å². The van der Waals surface area contributed by atoms with Crippen molar-refractivity contribution >= 4 is 27.3 Å². The number of ether oxygens (including phenoxy) is 1. The minimum atomic E-state index is -3.35. The van der Waals surface area contributed by atoms with Gasteiger partial charge in [-0.1, -0.05) is 0 Å². The summed E-state index contributed by atoms with van der Waals surface area (Å²) in [6.07, 6.45) is 0.00573. The van der Waals surface area contributed by atoms with Crippen molar-refractivity contribution < 1.29 is 17.9 Å². The summed E-state index contributed by atoms with van der Waals surface area (Å²) in [5.41, 5.74) is 5.88. The number of rotatable bonds is 7. The van der Waals surface area contributed by atoms with Gasteiger partial charge < -0.3 is 15.4 Å². The lowest BCUT2D eigenvalue weighted by Gasteiger charge is -2.33. The van der Waals surface area contributed by atoms with E-state index in [2.05, 4.69) is 4.98 Å². The minimum Gasteiger partial charge on any atom is -0.378 e. The van der Waals surface area contributed by atoms with E-state index in [1.165, 1.54) is 15.6 Å². The fourth-order valence-electron chi connectivity index (χ4n) is 2.35. The number of hydrogen-bond donors (Lipinski definition) is 1. The highest BCUT2D eigenvalue weighted by Crippen LogP contribution is 2.14. The Hall–Kier alpha value is -1.07. The Bertz CT molecular complexity index is 651. The number of carbonyl (C=O) groups is 1. The van der Waals surface area contributed by atoms with Gasteiger partial charge in [0.25, 0.3) is 5.91 Å². The van der Waals surface area contributed by atoms with Gasteiger partial charge >= 0.3 is 0 Å². The van der Waals surface area contributed by atoms with E-state index in [0.29, 0.717) is 43.4 Å². The Kier molecular flexibility index (Phi) is 6.70. The van der Waals surface area contributed by atoms with Crippen LogP contribution in [0.5, 0.6) is 0 Å². The zero-order valence-electron chi connectivity index (χ0n) is 14.0. The maximum absolute atomic E-state index is 12.4. The van der Waals surface area contributed by atoms with E-state index in [0.717, 1.165) is 0 Å². The summed E-state index contributed by atoms with van der Waals surface area (Å²) in [7, 11) is -3.35. The van der Waals surface area contributed by atoms with Crippen molar-refractivity contribution in [3.8, 4) is 0 Å². The fraction of sp³-hybridized carbons (Fsp3) is 0.714. The second kappa shape index (κ2) is 8.34. The number of nitrogens with two attached hydrogens (primary N) is 1. The third-order valence-electron chi connectivity index (χ3n) is 3.66. The summed E-state index contributed by atoms with van der Waals surface area (Å²) in [6.45, 7) is 5.53. The van der Waals surface area contributed by atoms with Crippen LogP contribution in [0.15, 0.2) is 5.38 Å². The molecule has 0 unspecified atom stereocenters. The van der Waals surface area contributed by atoms with Crippen LogP contribution < -0.4 is 5.73 Å². The molecule has 1 aromatic heterocycles. The van der Waals surface area contributed by atoms with Gasteiger partial charge in [0.05, 0.1) is 18.5 Å². The molecule has 1 fully saturated rings. The average Bonchev–Trinajstić information content (AvgIpc) is 3.03. The van der Waals surface area contributed by atoms with E-state index in [1.807, 2.05) is 13.8 Å². The lowest BCUT2D eigenvalue weighted by Crippen LogP contribution is -2.51. The van der Waals surface area contributed by atoms with Crippen LogP contribution in [-0.2, 0) is 21.3 Å². The van der Waals surface area contributed by atoms with Gasteiger partial charge in [-0.05, 0) is 13.8 Å². The predicted octanol–water partition coefficient (Wildman–Crippen LogP) is 0.114. The molecule has 1 aromatic rings. The molecule has 24 heavy (non-hydrogen) atoms. The summed E-state index contributed by atoms with van der Waals surface area (Å²) in [6, 6.07) is 0. The molecular weight excluding hydrogens is 352 g/mol. The summed E-state index contributed by atoms with van der Waals surface area (Å²) in [5, 5.41) is 2.40. The zero-order valence-corrected chi connectivity index (χ0v) is 15.6. The molecule has 0 bridgehead atoms. The van der Waals surface area contributed by atoms with Crippen LogP contribution in [0.3, 0.4) is 0 Å². The molecule has 0 aliphatic carbocycles. The molecule has 0 radical (unpaired) electrons. The average molecular weight is 377 g/mol. The van der Waals surface area contributed by atoms with Crippen molar-refractivity contribution in [2.24, 2.45) is 5.73 Å². The number of carbonyl (C=O) groups excluding carboxylic acids is 1. The first kappa shape index (κ1) is 19.3. The number of nitrogens with zero attached hydrogens (tertiary/aromatic N) is 3. The normalized spacial score (nSPS) is 16.8. The van der Waals surface area contributed by atoms with E-state index in [1.54, 1.807) is 10.3 Å². The molecule has 8 nitrogen and oxygen atoms in total. The number of hydrogen-bond acceptors (Lipinski definition) is 7. The molecule has 2 rings (SSSR count). The lowest BCUT2D eigenvalue weighted by molar-refractivity contribution is 0.0688. The molecule has 1 amide bonds. The third kappa shape index (κ3) is 4.96. The Labute approximate surface area is 146 Å². The molecule has 1 aliphatic rings. The highest BCUT2D eigenvalue weighted by atomic mass is 32.2. The Morgan fingerprint density at radius 2 is 2.04 bits per heavy atom. The Morgan fingerprint density at radius 3 is 2.58 bits per heavy atom. The van der Waals surface area contributed by atoms with E-state index < -0.39 is 10.0 Å². The largest absolute Gasteiger partial charge is 0.378 e. The molecule has 2 N–H and O–H groups in total. The summed E-state index contributed by atoms with van der Waals surface area (Å²) in [4.78, 5) is 18.2. The number of amides is 1. The first-order chi connectivity index (χ1) is 11.3. The highest BCUT2D eigenvalue weighted by molar-refractivity contribution is 7.89. The predicted molar refractivity (Wildman–Crippen MR) is 92.4 cm³/mol. The Morgan fingerprint density at radius 1 is 1.38 bits per heavy atom. The van der Waals surface area contributed by atoms with Crippen LogP contribution >= 0.6 is 11.3 Å². The molecule has 2 heterocycles. The second-order valence-electron chi connectivity index (χ2n) is 5.76. The van der Waals surface area contributed by atoms with Crippen molar-refractivity contribution in [3.05, 3.63) is 16.1 Å². The Balaban J connectivity index is 1.87. The van der Waals surface area contributed by atoms with Crippen molar-refractivity contribution in [2.45, 2.75) is 26.5 Å². The van der Waals surface area contributed by atoms with Crippen LogP contribution in [0.1, 0.15) is 29.3 Å². The molecule has 0 saturated carbocycles. The van der Waals surface area contributed by atoms with E-state index in [-0.39, 0.29) is 24.4 Å². The van der Waals surface area contributed by atoms with E-state index in [9.17, 15) is 13.2 Å². The van der Waals surface area contributed by atoms with Crippen LogP contribution in [0.2, 0.25) is 0 Å². The second-order valence-corrected chi connectivity index (χ2v) is 8.79. The van der Waals surface area contributed by atoms with Crippen LogP contribution in [-0.4, -0.2) is 73.2 Å². The summed E-state index contributed by atoms with van der Waals surface area (Å²) >= 11 is 1.35. The first-order valence-corrected chi connectivity index (χ1v) is 10.4. The van der Waals surface area contributed by atoms with Crippen LogP contribution in [0, 0.1) is 0 Å². The molecule has 10 heteroatoms. The summed E-state index contributed by atoms with van der Waals surface area (Å²) < 4.78 is 31.3. The smallest absolute Gasteiger partial charge is 0.273 e. The topological polar surface area (TPSA) is 106 Å². The van der Waals surface area contributed by atoms with Gasteiger partial charge in [0.2, 0.25) is 10.0 Å². The van der Waals surface area contributed by atoms with Crippen molar-refractivity contribution in [2.75, 3.05) is 38.5 Å². The van der Waals surface area contributed by atoms with Crippen molar-refractivity contribution in [1.82, 2.24) is 14.2 Å². The fourth-order valence-corrected chi connectivity index (χ4v) is 4.29. The summed E-state index contributed by atoms with van der Waals surface area (Å²) in [5.74, 6) is -0.212. The lowest BCUT2D eigenvalue weighted by atomic mass is 10.3. The number of aromatic nitrogens is 1. The van der Waals surface area contributed by atoms with Crippen LogP contribution in [0.25, 0.3) is 0 Å². The quantitative estimate of drug-likeness (QED) is 0.724. The van der Waals surface area contributed by atoms with Gasteiger partial charge in [-0.2, -0.15) is 4.31 Å². The van der Waals surface area contributed by atoms with E-state index in [4.69, 9.17) is 10.5 Å². The van der Waals surface area contributed by atoms with Crippen molar-refractivity contribution in [3.63, 3.8) is 0 Å². The maximum atomic E-state index is 12.4. The maximum Gasteiger partial charge on any atom is 0.273 e. The molecule has 0 spiro atoms. The molecule has 1 aliphatic heterocycles. The molecule has 0 aromatic carbocycles. The van der Waals surface area contributed by atoms with Gasteiger partial charge in [-0.3, -0.25) is 4.79 Å². The highest BCUT2D eigenvalue weighted by Gasteiger charge is 2.29. The van der Waals surface area contributed by atoms with Gasteiger partial charge in [-0.25, -0.2) is 13.4 Å². The van der Waals surface area contributed by atoms with Gasteiger partial charge in [0.15, 0.2) is 0 Å². The zero-order chi connectivity index (χ0) is 17.7. The van der Waals surface area contributed by atoms with Crippen molar-refractivity contribution in [1.29, 1.82) is 0 Å². The molecule has 0 atom stereocenters. The van der Waals surface area contributed by atoms with Gasteiger partial charge in [0.1, 0.15) is 10.7 Å². The van der Waals surface area contributed by atoms with Crippen LogP contribution in [0.4, 0.5) is 0 Å². The third-order valence-corrected chi connectivity index (χ3v) is 6.36. The number of piperazine rings is 1. The van der Waals surface area contributed by atoms with Gasteiger partial charge in [-0.15, -0.1) is 11.3 Å². The molecule has 1 saturated heterocycles. The van der Waals surface area contributed by atoms with E-state index >= 15 is 0 Å². The standard InChI is InChI=1S/C14H24N4O4S2/c1-11(2)22-7-8-24(20,21)18-5-3-17(4-6-18)14(19)12-10-23-13(9-15)16-12/h10-11H,3-9,15H2,1-2H3. The number of sulfonamides is 1. The minimum absolute atomic E-state index is 0.00573. The molecule has 136 valence electrons. The monoisotopic (exact) mass is 376 g/mol. The number of thiazole rings is 1. The SMILES string of the molecule is CC(C)OCCS(=O)(=O)N1CCN(C(=O)c2csc(CN)n2)CC1. The first-order valence-electron chi connectivity index (χ1n) is 7.86. The molecular formula is C14H24N4O4S2.